The summed E-state index contributed by atoms with van der Waals surface area (Å²) in [6.45, 7) is 0.954. The Hall–Kier alpha value is -3.01. The van der Waals surface area contributed by atoms with Crippen molar-refractivity contribution < 1.29 is 18.0 Å². The van der Waals surface area contributed by atoms with Gasteiger partial charge in [0.05, 0.1) is 30.3 Å². The van der Waals surface area contributed by atoms with Gasteiger partial charge in [-0.05, 0) is 43.5 Å². The van der Waals surface area contributed by atoms with Gasteiger partial charge in [-0.3, -0.25) is 9.78 Å². The number of aromatic nitrogens is 4. The monoisotopic (exact) mass is 432 g/mol. The molecule has 4 heterocycles. The van der Waals surface area contributed by atoms with Crippen LogP contribution < -0.4 is 5.32 Å². The molecule has 0 unspecified atom stereocenters. The zero-order chi connectivity index (χ0) is 22.0. The molecule has 0 spiro atoms. The molecule has 1 N–H and O–H groups in total. The number of amides is 1. The second kappa shape index (κ2) is 8.62. The number of carbonyl (C=O) groups is 1. The Morgan fingerprint density at radius 3 is 2.55 bits per heavy atom. The van der Waals surface area contributed by atoms with E-state index in [0.29, 0.717) is 31.7 Å². The average molecular weight is 432 g/mol. The van der Waals surface area contributed by atoms with Crippen molar-refractivity contribution in [3.8, 4) is 11.4 Å². The number of aryl methyl sites for hydroxylation is 1. The molecule has 3 aromatic heterocycles. The lowest BCUT2D eigenvalue weighted by molar-refractivity contribution is -0.139. The van der Waals surface area contributed by atoms with E-state index >= 15 is 0 Å². The smallest absolute Gasteiger partial charge is 0.332 e. The van der Waals surface area contributed by atoms with E-state index in [-0.39, 0.29) is 18.4 Å². The van der Waals surface area contributed by atoms with Crippen molar-refractivity contribution in [3.05, 3.63) is 37.1 Å². The number of nitrogens with zero attached hydrogens (tertiary/aromatic N) is 5. The molecule has 164 valence electrons. The van der Waals surface area contributed by atoms with Gasteiger partial charge in [-0.25, -0.2) is 9.97 Å². The van der Waals surface area contributed by atoms with E-state index in [1.807, 2.05) is 17.7 Å². The van der Waals surface area contributed by atoms with Crippen molar-refractivity contribution in [2.45, 2.75) is 25.4 Å². The fourth-order valence-electron chi connectivity index (χ4n) is 3.78. The van der Waals surface area contributed by atoms with Crippen LogP contribution >= 0.6 is 0 Å². The molecule has 1 saturated heterocycles. The highest BCUT2D eigenvalue weighted by atomic mass is 19.4. The molecular weight excluding hydrogens is 409 g/mol. The summed E-state index contributed by atoms with van der Waals surface area (Å²) in [4.78, 5) is 27.3. The van der Waals surface area contributed by atoms with E-state index in [1.165, 1.54) is 0 Å². The van der Waals surface area contributed by atoms with Crippen LogP contribution in [0.2, 0.25) is 0 Å². The van der Waals surface area contributed by atoms with Crippen molar-refractivity contribution in [1.82, 2.24) is 24.4 Å². The number of fused-ring (bicyclic) bond motifs is 1. The summed E-state index contributed by atoms with van der Waals surface area (Å²) in [5.41, 5.74) is 1.64. The van der Waals surface area contributed by atoms with Gasteiger partial charge in [0, 0.05) is 37.3 Å². The number of anilines is 1. The molecule has 10 heteroatoms. The largest absolute Gasteiger partial charge is 0.390 e. The number of rotatable bonds is 5. The number of imidazole rings is 1. The number of pyridine rings is 2. The molecule has 31 heavy (non-hydrogen) atoms. The van der Waals surface area contributed by atoms with E-state index in [1.54, 1.807) is 35.9 Å². The summed E-state index contributed by atoms with van der Waals surface area (Å²) in [5.74, 6) is 0.0597. The van der Waals surface area contributed by atoms with Crippen molar-refractivity contribution >= 4 is 22.5 Å². The van der Waals surface area contributed by atoms with Gasteiger partial charge in [-0.1, -0.05) is 0 Å². The summed E-state index contributed by atoms with van der Waals surface area (Å²) >= 11 is 0. The van der Waals surface area contributed by atoms with Crippen molar-refractivity contribution in [2.75, 3.05) is 25.0 Å². The summed E-state index contributed by atoms with van der Waals surface area (Å²) in [6.07, 6.45) is 2.92. The number of likely N-dealkylation sites (tertiary alicyclic amines) is 1. The maximum atomic E-state index is 12.7. The van der Waals surface area contributed by atoms with Crippen LogP contribution in [0.25, 0.3) is 22.2 Å². The Kier molecular flexibility index (Phi) is 5.90. The quantitative estimate of drug-likeness (QED) is 0.666. The first kappa shape index (κ1) is 21.2. The number of halogens is 3. The first-order valence-corrected chi connectivity index (χ1v) is 10.1. The predicted octanol–water partition coefficient (Wildman–Crippen LogP) is 3.63. The molecule has 4 rings (SSSR count). The molecule has 0 bridgehead atoms. The van der Waals surface area contributed by atoms with Crippen molar-refractivity contribution in [2.24, 2.45) is 13.0 Å². The lowest BCUT2D eigenvalue weighted by atomic mass is 9.96. The van der Waals surface area contributed by atoms with E-state index in [0.717, 1.165) is 22.2 Å². The summed E-state index contributed by atoms with van der Waals surface area (Å²) < 4.78 is 39.0. The third kappa shape index (κ3) is 5.19. The van der Waals surface area contributed by atoms with Crippen molar-refractivity contribution in [3.63, 3.8) is 0 Å². The third-order valence-electron chi connectivity index (χ3n) is 5.60. The topological polar surface area (TPSA) is 75.9 Å². The Labute approximate surface area is 177 Å². The van der Waals surface area contributed by atoms with E-state index in [4.69, 9.17) is 0 Å². The Balaban J connectivity index is 1.39. The molecule has 0 saturated carbocycles. The lowest BCUT2D eigenvalue weighted by Crippen LogP contribution is -2.39. The van der Waals surface area contributed by atoms with Gasteiger partial charge in [0.25, 0.3) is 0 Å². The van der Waals surface area contributed by atoms with Crippen LogP contribution in [0.15, 0.2) is 37.1 Å². The molecule has 0 atom stereocenters. The van der Waals surface area contributed by atoms with Gasteiger partial charge < -0.3 is 14.8 Å². The molecule has 1 fully saturated rings. The van der Waals surface area contributed by atoms with Crippen molar-refractivity contribution in [1.29, 1.82) is 0 Å². The maximum absolute atomic E-state index is 12.7. The van der Waals surface area contributed by atoms with Gasteiger partial charge in [0.1, 0.15) is 5.82 Å². The molecule has 7 nitrogen and oxygen atoms in total. The number of carbonyl (C=O) groups excluding carboxylic acids is 1. The molecule has 0 aromatic carbocycles. The Morgan fingerprint density at radius 2 is 1.87 bits per heavy atom. The highest BCUT2D eigenvalue weighted by Gasteiger charge is 2.30. The van der Waals surface area contributed by atoms with Gasteiger partial charge in [-0.2, -0.15) is 13.2 Å². The highest BCUT2D eigenvalue weighted by Crippen LogP contribution is 2.25. The predicted molar refractivity (Wildman–Crippen MR) is 110 cm³/mol. The molecule has 1 amide bonds. The van der Waals surface area contributed by atoms with Crippen LogP contribution in [-0.2, 0) is 11.8 Å². The minimum Gasteiger partial charge on any atom is -0.332 e. The summed E-state index contributed by atoms with van der Waals surface area (Å²) in [6, 6.07) is 3.72. The first-order valence-electron chi connectivity index (χ1n) is 10.1. The molecule has 1 aliphatic heterocycles. The van der Waals surface area contributed by atoms with Crippen LogP contribution in [0, 0.1) is 5.92 Å². The van der Waals surface area contributed by atoms with Gasteiger partial charge in [0.15, 0.2) is 0 Å². The molecule has 3 aromatic rings. The second-order valence-electron chi connectivity index (χ2n) is 7.85. The van der Waals surface area contributed by atoms with Gasteiger partial charge in [-0.15, -0.1) is 0 Å². The zero-order valence-corrected chi connectivity index (χ0v) is 17.1. The van der Waals surface area contributed by atoms with Crippen LogP contribution in [0.1, 0.15) is 19.3 Å². The summed E-state index contributed by atoms with van der Waals surface area (Å²) in [5, 5.41) is 4.59. The first-order chi connectivity index (χ1) is 14.8. The standard InChI is InChI=1S/C21H23F3N6O/c1-29-13-25-12-18(29)17-8-15-9-19(27-11-16(15)10-26-17)28-20(31)14-2-5-30(6-3-14)7-4-21(22,23)24/h8-14H,2-7H2,1H3,(H,27,28,31). The second-order valence-corrected chi connectivity index (χ2v) is 7.85. The molecule has 0 aliphatic carbocycles. The number of piperidine rings is 1. The van der Waals surface area contributed by atoms with Crippen LogP contribution in [0.4, 0.5) is 19.0 Å². The zero-order valence-electron chi connectivity index (χ0n) is 17.1. The number of hydrogen-bond donors (Lipinski definition) is 1. The van der Waals surface area contributed by atoms with Crippen LogP contribution in [0.3, 0.4) is 0 Å². The highest BCUT2D eigenvalue weighted by molar-refractivity contribution is 5.94. The van der Waals surface area contributed by atoms with Gasteiger partial charge in [0.2, 0.25) is 5.91 Å². The summed E-state index contributed by atoms with van der Waals surface area (Å²) in [7, 11) is 1.89. The number of hydrogen-bond acceptors (Lipinski definition) is 5. The van der Waals surface area contributed by atoms with E-state index in [2.05, 4.69) is 20.3 Å². The molecule has 1 aliphatic rings. The Morgan fingerprint density at radius 1 is 1.13 bits per heavy atom. The SMILES string of the molecule is Cn1cncc1-c1cc2cc(NC(=O)C3CCN(CCC(F)(F)F)CC3)ncc2cn1. The third-order valence-corrected chi connectivity index (χ3v) is 5.60. The lowest BCUT2D eigenvalue weighted by Gasteiger charge is -2.31. The number of nitrogens with one attached hydrogen (secondary N) is 1. The average Bonchev–Trinajstić information content (AvgIpc) is 3.17. The van der Waals surface area contributed by atoms with E-state index in [9.17, 15) is 18.0 Å². The Bertz CT molecular complexity index is 1070. The number of alkyl halides is 3. The normalized spacial score (nSPS) is 16.0. The minimum absolute atomic E-state index is 0.0168. The molecular formula is C21H23F3N6O. The fourth-order valence-corrected chi connectivity index (χ4v) is 3.78. The van der Waals surface area contributed by atoms with Crippen LogP contribution in [0.5, 0.6) is 0 Å². The van der Waals surface area contributed by atoms with Crippen LogP contribution in [-0.4, -0.2) is 56.1 Å². The molecule has 0 radical (unpaired) electrons. The van der Waals surface area contributed by atoms with Gasteiger partial charge >= 0.3 is 6.18 Å². The fraction of sp³-hybridized carbons (Fsp3) is 0.429. The van der Waals surface area contributed by atoms with E-state index < -0.39 is 12.6 Å². The maximum Gasteiger partial charge on any atom is 0.390 e. The minimum atomic E-state index is -4.15.